The van der Waals surface area contributed by atoms with Gasteiger partial charge in [-0.25, -0.2) is 5.90 Å². The van der Waals surface area contributed by atoms with Gasteiger partial charge in [-0.05, 0) is 6.92 Å². The van der Waals surface area contributed by atoms with E-state index in [-0.39, 0.29) is 6.42 Å². The number of ether oxygens (including phenoxy) is 1. The third-order valence-corrected chi connectivity index (χ3v) is 2.10. The van der Waals surface area contributed by atoms with Crippen LogP contribution in [0.4, 0.5) is 0 Å². The van der Waals surface area contributed by atoms with Gasteiger partial charge in [0.15, 0.2) is 6.29 Å². The molecule has 1 aliphatic heterocycles. The van der Waals surface area contributed by atoms with Crippen molar-refractivity contribution in [3.63, 3.8) is 0 Å². The maximum absolute atomic E-state index is 9.39. The van der Waals surface area contributed by atoms with Crippen LogP contribution < -0.4 is 5.90 Å². The molecule has 1 fully saturated rings. The predicted octanol–water partition coefficient (Wildman–Crippen LogP) is -1.91. The third kappa shape index (κ3) is 2.37. The van der Waals surface area contributed by atoms with Crippen molar-refractivity contribution in [2.75, 3.05) is 0 Å². The van der Waals surface area contributed by atoms with E-state index in [1.807, 2.05) is 0 Å². The minimum absolute atomic E-state index is 0.0981. The standard InChI is InChI=1S/C7H15NO5/c1-3(9)7-6(11)4(10)2-5(12-7)13-8/h3-7,9-11H,2,8H2,1H3/t3-,4+,5?,6-,7-/m1/s1. The number of hydrogen-bond donors (Lipinski definition) is 4. The van der Waals surface area contributed by atoms with E-state index in [2.05, 4.69) is 4.84 Å². The maximum atomic E-state index is 9.39. The molecule has 0 aromatic rings. The van der Waals surface area contributed by atoms with Crippen LogP contribution in [0.2, 0.25) is 0 Å². The molecule has 0 aliphatic carbocycles. The molecule has 6 heteroatoms. The SMILES string of the molecule is C[C@@H](O)[C@H]1OC(ON)C[C@H](O)[C@H]1O. The highest BCUT2D eigenvalue weighted by Crippen LogP contribution is 2.22. The molecule has 78 valence electrons. The van der Waals surface area contributed by atoms with Gasteiger partial charge < -0.3 is 20.1 Å². The Balaban J connectivity index is 2.60. The maximum Gasteiger partial charge on any atom is 0.180 e. The summed E-state index contributed by atoms with van der Waals surface area (Å²) >= 11 is 0. The normalized spacial score (nSPS) is 43.2. The number of nitrogens with two attached hydrogens (primary N) is 1. The molecular formula is C7H15NO5. The first-order chi connectivity index (χ1) is 6.06. The zero-order chi connectivity index (χ0) is 10.0. The fourth-order valence-electron chi connectivity index (χ4n) is 1.35. The molecule has 1 heterocycles. The molecule has 1 saturated heterocycles. The number of hydrogen-bond acceptors (Lipinski definition) is 6. The summed E-state index contributed by atoms with van der Waals surface area (Å²) in [6, 6.07) is 0. The van der Waals surface area contributed by atoms with Crippen LogP contribution in [-0.4, -0.2) is 46.0 Å². The van der Waals surface area contributed by atoms with Crippen LogP contribution in [0.5, 0.6) is 0 Å². The third-order valence-electron chi connectivity index (χ3n) is 2.10. The van der Waals surface area contributed by atoms with Crippen molar-refractivity contribution < 1.29 is 24.9 Å². The summed E-state index contributed by atoms with van der Waals surface area (Å²) in [5, 5.41) is 27.9. The van der Waals surface area contributed by atoms with Gasteiger partial charge in [0.1, 0.15) is 12.2 Å². The van der Waals surface area contributed by atoms with Crippen LogP contribution in [0.15, 0.2) is 0 Å². The molecule has 0 aromatic heterocycles. The van der Waals surface area contributed by atoms with E-state index in [1.165, 1.54) is 6.92 Å². The Morgan fingerprint density at radius 2 is 2.15 bits per heavy atom. The van der Waals surface area contributed by atoms with Gasteiger partial charge in [-0.3, -0.25) is 4.84 Å². The van der Waals surface area contributed by atoms with Gasteiger partial charge in [0, 0.05) is 6.42 Å². The largest absolute Gasteiger partial charge is 0.391 e. The highest BCUT2D eigenvalue weighted by molar-refractivity contribution is 4.85. The van der Waals surface area contributed by atoms with E-state index in [0.717, 1.165) is 0 Å². The van der Waals surface area contributed by atoms with Crippen molar-refractivity contribution in [3.8, 4) is 0 Å². The van der Waals surface area contributed by atoms with Crippen LogP contribution in [0.3, 0.4) is 0 Å². The second-order valence-corrected chi connectivity index (χ2v) is 3.20. The summed E-state index contributed by atoms with van der Waals surface area (Å²) in [5.41, 5.74) is 0. The lowest BCUT2D eigenvalue weighted by atomic mass is 9.98. The van der Waals surface area contributed by atoms with Gasteiger partial charge in [0.25, 0.3) is 0 Å². The van der Waals surface area contributed by atoms with E-state index in [9.17, 15) is 15.3 Å². The van der Waals surface area contributed by atoms with E-state index < -0.39 is 30.7 Å². The second kappa shape index (κ2) is 4.32. The quantitative estimate of drug-likeness (QED) is 0.381. The van der Waals surface area contributed by atoms with Crippen LogP contribution >= 0.6 is 0 Å². The molecule has 1 aliphatic rings. The summed E-state index contributed by atoms with van der Waals surface area (Å²) in [4.78, 5) is 4.39. The van der Waals surface area contributed by atoms with E-state index >= 15 is 0 Å². The molecule has 13 heavy (non-hydrogen) atoms. The van der Waals surface area contributed by atoms with Gasteiger partial charge >= 0.3 is 0 Å². The van der Waals surface area contributed by atoms with Gasteiger partial charge in [-0.1, -0.05) is 0 Å². The Morgan fingerprint density at radius 1 is 1.54 bits per heavy atom. The monoisotopic (exact) mass is 193 g/mol. The Bertz CT molecular complexity index is 165. The molecule has 5 atom stereocenters. The highest BCUT2D eigenvalue weighted by atomic mass is 16.8. The molecule has 0 spiro atoms. The molecule has 5 N–H and O–H groups in total. The minimum atomic E-state index is -1.11. The molecule has 0 amide bonds. The number of aliphatic hydroxyl groups is 3. The molecule has 1 unspecified atom stereocenters. The average Bonchev–Trinajstić information content (AvgIpc) is 2.09. The smallest absolute Gasteiger partial charge is 0.180 e. The zero-order valence-corrected chi connectivity index (χ0v) is 7.33. The minimum Gasteiger partial charge on any atom is -0.391 e. The first kappa shape index (κ1) is 10.8. The molecular weight excluding hydrogens is 178 g/mol. The summed E-state index contributed by atoms with van der Waals surface area (Å²) in [6.45, 7) is 1.46. The van der Waals surface area contributed by atoms with Crippen molar-refractivity contribution in [3.05, 3.63) is 0 Å². The van der Waals surface area contributed by atoms with Crippen LogP contribution in [0, 0.1) is 0 Å². The topological polar surface area (TPSA) is 105 Å². The van der Waals surface area contributed by atoms with E-state index in [4.69, 9.17) is 10.6 Å². The van der Waals surface area contributed by atoms with Gasteiger partial charge in [-0.15, -0.1) is 0 Å². The Morgan fingerprint density at radius 3 is 2.62 bits per heavy atom. The van der Waals surface area contributed by atoms with Crippen LogP contribution in [0.1, 0.15) is 13.3 Å². The highest BCUT2D eigenvalue weighted by Gasteiger charge is 2.39. The summed E-state index contributed by atoms with van der Waals surface area (Å²) < 4.78 is 5.07. The van der Waals surface area contributed by atoms with Crippen molar-refractivity contribution in [2.45, 2.75) is 44.1 Å². The lowest BCUT2D eigenvalue weighted by molar-refractivity contribution is -0.268. The Labute approximate surface area is 75.8 Å². The summed E-state index contributed by atoms with van der Waals surface area (Å²) in [6.07, 6.45) is -4.52. The zero-order valence-electron chi connectivity index (χ0n) is 7.33. The lowest BCUT2D eigenvalue weighted by Gasteiger charge is -2.37. The molecule has 6 nitrogen and oxygen atoms in total. The van der Waals surface area contributed by atoms with Crippen molar-refractivity contribution >= 4 is 0 Å². The van der Waals surface area contributed by atoms with Crippen LogP contribution in [0.25, 0.3) is 0 Å². The molecule has 0 radical (unpaired) electrons. The fourth-order valence-corrected chi connectivity index (χ4v) is 1.35. The van der Waals surface area contributed by atoms with E-state index in [0.29, 0.717) is 0 Å². The van der Waals surface area contributed by atoms with Gasteiger partial charge in [-0.2, -0.15) is 0 Å². The lowest BCUT2D eigenvalue weighted by Crippen LogP contribution is -2.53. The van der Waals surface area contributed by atoms with Crippen LogP contribution in [-0.2, 0) is 9.57 Å². The molecule has 1 rings (SSSR count). The van der Waals surface area contributed by atoms with Crippen molar-refractivity contribution in [1.29, 1.82) is 0 Å². The van der Waals surface area contributed by atoms with Crippen molar-refractivity contribution in [2.24, 2.45) is 5.90 Å². The average molecular weight is 193 g/mol. The summed E-state index contributed by atoms with van der Waals surface area (Å²) in [5.74, 6) is 4.87. The number of aliphatic hydroxyl groups excluding tert-OH is 3. The van der Waals surface area contributed by atoms with Gasteiger partial charge in [0.2, 0.25) is 0 Å². The molecule has 0 aromatic carbocycles. The summed E-state index contributed by atoms with van der Waals surface area (Å²) in [7, 11) is 0. The first-order valence-electron chi connectivity index (χ1n) is 4.11. The fraction of sp³-hybridized carbons (Fsp3) is 1.00. The predicted molar refractivity (Wildman–Crippen MR) is 42.2 cm³/mol. The second-order valence-electron chi connectivity index (χ2n) is 3.20. The van der Waals surface area contributed by atoms with E-state index in [1.54, 1.807) is 0 Å². The number of rotatable bonds is 2. The van der Waals surface area contributed by atoms with Crippen molar-refractivity contribution in [1.82, 2.24) is 0 Å². The first-order valence-corrected chi connectivity index (χ1v) is 4.11. The molecule has 0 bridgehead atoms. The van der Waals surface area contributed by atoms with Gasteiger partial charge in [0.05, 0.1) is 12.2 Å². The Kier molecular flexibility index (Phi) is 3.60. The Hall–Kier alpha value is -0.240. The molecule has 0 saturated carbocycles.